The quantitative estimate of drug-likeness (QED) is 0.741. The highest BCUT2D eigenvalue weighted by Crippen LogP contribution is 2.12. The van der Waals surface area contributed by atoms with E-state index in [1.54, 1.807) is 4.57 Å². The maximum Gasteiger partial charge on any atom is 0.227 e. The zero-order valence-electron chi connectivity index (χ0n) is 9.87. The first kappa shape index (κ1) is 11.3. The predicted octanol–water partition coefficient (Wildman–Crippen LogP) is 1.20. The Bertz CT molecular complexity index is 504. The van der Waals surface area contributed by atoms with Gasteiger partial charge in [-0.3, -0.25) is 9.36 Å². The van der Waals surface area contributed by atoms with Gasteiger partial charge in [0.25, 0.3) is 0 Å². The second-order valence-electron chi connectivity index (χ2n) is 3.94. The minimum Gasteiger partial charge on any atom is -0.347 e. The fraction of sp³-hybridized carbons (Fsp3) is 0.250. The Morgan fingerprint density at radius 1 is 1.24 bits per heavy atom. The average Bonchev–Trinajstić information content (AvgIpc) is 2.73. The van der Waals surface area contributed by atoms with Gasteiger partial charge in [-0.1, -0.05) is 30.3 Å². The smallest absolute Gasteiger partial charge is 0.227 e. The van der Waals surface area contributed by atoms with E-state index in [2.05, 4.69) is 10.2 Å². The molecule has 0 atom stereocenters. The van der Waals surface area contributed by atoms with E-state index >= 15 is 0 Å². The Hall–Kier alpha value is -2.17. The third-order valence-electron chi connectivity index (χ3n) is 2.45. The molecule has 1 heterocycles. The van der Waals surface area contributed by atoms with E-state index in [0.29, 0.717) is 18.3 Å². The summed E-state index contributed by atoms with van der Waals surface area (Å²) in [4.78, 5) is 12.7. The van der Waals surface area contributed by atoms with E-state index in [4.69, 9.17) is 0 Å². The molecule has 0 aliphatic rings. The van der Waals surface area contributed by atoms with Crippen LogP contribution in [0, 0.1) is 0 Å². The van der Waals surface area contributed by atoms with Crippen molar-refractivity contribution in [1.29, 1.82) is 0 Å². The van der Waals surface area contributed by atoms with E-state index in [0.717, 1.165) is 11.8 Å². The first-order valence-electron chi connectivity index (χ1n) is 5.32. The van der Waals surface area contributed by atoms with Gasteiger partial charge in [-0.25, -0.2) is 0 Å². The SMILES string of the molecule is CN(C)c1nnc(C=O)n1Cc1ccccc1. The van der Waals surface area contributed by atoms with Crippen molar-refractivity contribution in [1.82, 2.24) is 14.8 Å². The van der Waals surface area contributed by atoms with Gasteiger partial charge >= 0.3 is 0 Å². The van der Waals surface area contributed by atoms with Crippen LogP contribution in [0.3, 0.4) is 0 Å². The first-order chi connectivity index (χ1) is 8.22. The lowest BCUT2D eigenvalue weighted by Crippen LogP contribution is -2.17. The number of nitrogens with zero attached hydrogens (tertiary/aromatic N) is 4. The third-order valence-corrected chi connectivity index (χ3v) is 2.45. The molecular weight excluding hydrogens is 216 g/mol. The Balaban J connectivity index is 2.36. The summed E-state index contributed by atoms with van der Waals surface area (Å²) in [6.07, 6.45) is 0.725. The molecule has 1 aromatic heterocycles. The normalized spacial score (nSPS) is 10.2. The van der Waals surface area contributed by atoms with Crippen LogP contribution in [0.4, 0.5) is 5.95 Å². The van der Waals surface area contributed by atoms with Crippen LogP contribution < -0.4 is 4.90 Å². The number of hydrogen-bond donors (Lipinski definition) is 0. The van der Waals surface area contributed by atoms with E-state index in [1.807, 2.05) is 49.3 Å². The summed E-state index contributed by atoms with van der Waals surface area (Å²) in [5.41, 5.74) is 1.11. The number of carbonyl (C=O) groups is 1. The summed E-state index contributed by atoms with van der Waals surface area (Å²) in [5, 5.41) is 7.85. The van der Waals surface area contributed by atoms with E-state index in [9.17, 15) is 4.79 Å². The summed E-state index contributed by atoms with van der Waals surface area (Å²) in [6, 6.07) is 9.91. The Labute approximate surface area is 99.7 Å². The molecule has 88 valence electrons. The molecule has 0 unspecified atom stereocenters. The largest absolute Gasteiger partial charge is 0.347 e. The molecule has 2 aromatic rings. The van der Waals surface area contributed by atoms with Crippen LogP contribution in [0.15, 0.2) is 30.3 Å². The van der Waals surface area contributed by atoms with Crippen molar-refractivity contribution in [2.75, 3.05) is 19.0 Å². The lowest BCUT2D eigenvalue weighted by molar-refractivity contribution is 0.111. The van der Waals surface area contributed by atoms with Crippen molar-refractivity contribution >= 4 is 12.2 Å². The highest BCUT2D eigenvalue weighted by Gasteiger charge is 2.12. The summed E-state index contributed by atoms with van der Waals surface area (Å²) >= 11 is 0. The number of benzene rings is 1. The van der Waals surface area contributed by atoms with Gasteiger partial charge in [-0.15, -0.1) is 10.2 Å². The van der Waals surface area contributed by atoms with Crippen molar-refractivity contribution < 1.29 is 4.79 Å². The topological polar surface area (TPSA) is 51.0 Å². The zero-order chi connectivity index (χ0) is 12.3. The van der Waals surface area contributed by atoms with Crippen molar-refractivity contribution in [3.63, 3.8) is 0 Å². The highest BCUT2D eigenvalue weighted by molar-refractivity contribution is 5.70. The second-order valence-corrected chi connectivity index (χ2v) is 3.94. The number of aldehydes is 1. The molecule has 0 aliphatic carbocycles. The Morgan fingerprint density at radius 2 is 1.94 bits per heavy atom. The number of rotatable bonds is 4. The molecule has 17 heavy (non-hydrogen) atoms. The molecule has 0 saturated heterocycles. The van der Waals surface area contributed by atoms with Crippen LogP contribution in [0.2, 0.25) is 0 Å². The molecule has 0 amide bonds. The van der Waals surface area contributed by atoms with Crippen molar-refractivity contribution in [3.05, 3.63) is 41.7 Å². The number of hydrogen-bond acceptors (Lipinski definition) is 4. The van der Waals surface area contributed by atoms with Gasteiger partial charge < -0.3 is 4.90 Å². The summed E-state index contributed by atoms with van der Waals surface area (Å²) in [5.74, 6) is 1.02. The fourth-order valence-corrected chi connectivity index (χ4v) is 1.64. The lowest BCUT2D eigenvalue weighted by Gasteiger charge is -2.13. The molecule has 0 aliphatic heterocycles. The van der Waals surface area contributed by atoms with Crippen molar-refractivity contribution in [2.45, 2.75) is 6.54 Å². The molecule has 0 bridgehead atoms. The van der Waals surface area contributed by atoms with Crippen LogP contribution in [0.1, 0.15) is 16.2 Å². The molecule has 2 rings (SSSR count). The monoisotopic (exact) mass is 230 g/mol. The van der Waals surface area contributed by atoms with Gasteiger partial charge in [-0.2, -0.15) is 0 Å². The maximum absolute atomic E-state index is 10.9. The molecule has 0 saturated carbocycles. The Kier molecular flexibility index (Phi) is 3.18. The van der Waals surface area contributed by atoms with Gasteiger partial charge in [0, 0.05) is 14.1 Å². The summed E-state index contributed by atoms with van der Waals surface area (Å²) < 4.78 is 1.79. The molecule has 5 heteroatoms. The predicted molar refractivity (Wildman–Crippen MR) is 65.3 cm³/mol. The Morgan fingerprint density at radius 3 is 2.53 bits per heavy atom. The van der Waals surface area contributed by atoms with Crippen LogP contribution in [0.5, 0.6) is 0 Å². The lowest BCUT2D eigenvalue weighted by atomic mass is 10.2. The van der Waals surface area contributed by atoms with Crippen molar-refractivity contribution in [3.8, 4) is 0 Å². The molecule has 0 spiro atoms. The molecule has 5 nitrogen and oxygen atoms in total. The van der Waals surface area contributed by atoms with E-state index in [-0.39, 0.29) is 0 Å². The molecular formula is C12H14N4O. The van der Waals surface area contributed by atoms with Gasteiger partial charge in [0.1, 0.15) is 0 Å². The summed E-state index contributed by atoms with van der Waals surface area (Å²) in [7, 11) is 3.75. The minimum atomic E-state index is 0.345. The maximum atomic E-state index is 10.9. The first-order valence-corrected chi connectivity index (χ1v) is 5.32. The van der Waals surface area contributed by atoms with Gasteiger partial charge in [0.15, 0.2) is 12.1 Å². The molecule has 0 fully saturated rings. The van der Waals surface area contributed by atoms with E-state index in [1.165, 1.54) is 0 Å². The van der Waals surface area contributed by atoms with Crippen LogP contribution >= 0.6 is 0 Å². The van der Waals surface area contributed by atoms with Gasteiger partial charge in [0.2, 0.25) is 5.95 Å². The van der Waals surface area contributed by atoms with Crippen LogP contribution in [-0.4, -0.2) is 35.1 Å². The van der Waals surface area contributed by atoms with Crippen LogP contribution in [-0.2, 0) is 6.54 Å². The standard InChI is InChI=1S/C12H14N4O/c1-15(2)12-14-13-11(9-17)16(12)8-10-6-4-3-5-7-10/h3-7,9H,8H2,1-2H3. The minimum absolute atomic E-state index is 0.345. The van der Waals surface area contributed by atoms with Gasteiger partial charge in [-0.05, 0) is 5.56 Å². The van der Waals surface area contributed by atoms with Crippen molar-refractivity contribution in [2.24, 2.45) is 0 Å². The van der Waals surface area contributed by atoms with E-state index < -0.39 is 0 Å². The average molecular weight is 230 g/mol. The van der Waals surface area contributed by atoms with Gasteiger partial charge in [0.05, 0.1) is 6.54 Å². The van der Waals surface area contributed by atoms with Crippen LogP contribution in [0.25, 0.3) is 0 Å². The third kappa shape index (κ3) is 2.33. The second kappa shape index (κ2) is 4.78. The highest BCUT2D eigenvalue weighted by atomic mass is 16.1. The number of carbonyl (C=O) groups excluding carboxylic acids is 1. The number of anilines is 1. The molecule has 1 aromatic carbocycles. The number of aromatic nitrogens is 3. The molecule has 0 N–H and O–H groups in total. The summed E-state index contributed by atoms with van der Waals surface area (Å²) in [6.45, 7) is 0.593. The molecule has 0 radical (unpaired) electrons. The fourth-order valence-electron chi connectivity index (χ4n) is 1.64. The zero-order valence-corrected chi connectivity index (χ0v) is 9.87.